The Balaban J connectivity index is 1.69. The van der Waals surface area contributed by atoms with E-state index in [2.05, 4.69) is 15.9 Å². The summed E-state index contributed by atoms with van der Waals surface area (Å²) in [4.78, 5) is 24.8. The third-order valence-electron chi connectivity index (χ3n) is 3.68. The Labute approximate surface area is 169 Å². The van der Waals surface area contributed by atoms with Crippen LogP contribution in [0, 0.1) is 0 Å². The van der Waals surface area contributed by atoms with E-state index in [9.17, 15) is 9.59 Å². The monoisotopic (exact) mass is 442 g/mol. The highest BCUT2D eigenvalue weighted by molar-refractivity contribution is 9.10. The lowest BCUT2D eigenvalue weighted by atomic mass is 10.1. The van der Waals surface area contributed by atoms with Crippen molar-refractivity contribution < 1.29 is 19.1 Å². The van der Waals surface area contributed by atoms with E-state index < -0.39 is 5.97 Å². The van der Waals surface area contributed by atoms with Gasteiger partial charge in [0.25, 0.3) is 0 Å². The van der Waals surface area contributed by atoms with Crippen molar-refractivity contribution in [1.29, 1.82) is 0 Å². The Morgan fingerprint density at radius 3 is 2.52 bits per heavy atom. The first kappa shape index (κ1) is 19.1. The van der Waals surface area contributed by atoms with Gasteiger partial charge in [-0.1, -0.05) is 22.0 Å². The number of methoxy groups -OCH3 is 1. The molecule has 0 bridgehead atoms. The van der Waals surface area contributed by atoms with Crippen LogP contribution in [0.1, 0.15) is 25.6 Å². The van der Waals surface area contributed by atoms with E-state index in [0.29, 0.717) is 21.9 Å². The Morgan fingerprint density at radius 2 is 1.85 bits per heavy atom. The Morgan fingerprint density at radius 1 is 1.07 bits per heavy atom. The van der Waals surface area contributed by atoms with Crippen LogP contribution in [0.2, 0.25) is 0 Å². The number of ketones is 1. The van der Waals surface area contributed by atoms with Gasteiger partial charge in [0, 0.05) is 15.6 Å². The van der Waals surface area contributed by atoms with Crippen molar-refractivity contribution in [2.24, 2.45) is 0 Å². The molecule has 3 aromatic rings. The van der Waals surface area contributed by atoms with Crippen molar-refractivity contribution in [3.05, 3.63) is 86.5 Å². The maximum Gasteiger partial charge on any atom is 0.353 e. The van der Waals surface area contributed by atoms with Crippen LogP contribution >= 0.6 is 27.3 Å². The fourth-order valence-electron chi connectivity index (χ4n) is 2.34. The summed E-state index contributed by atoms with van der Waals surface area (Å²) < 4.78 is 11.5. The van der Waals surface area contributed by atoms with E-state index in [1.165, 1.54) is 17.4 Å². The highest BCUT2D eigenvalue weighted by Gasteiger charge is 2.10. The van der Waals surface area contributed by atoms with E-state index in [4.69, 9.17) is 9.47 Å². The van der Waals surface area contributed by atoms with Crippen LogP contribution in [0.25, 0.3) is 6.08 Å². The topological polar surface area (TPSA) is 52.6 Å². The van der Waals surface area contributed by atoms with Gasteiger partial charge in [-0.15, -0.1) is 11.3 Å². The molecule has 1 aromatic heterocycles. The number of carbonyl (C=O) groups is 2. The van der Waals surface area contributed by atoms with Gasteiger partial charge in [-0.05, 0) is 66.1 Å². The van der Waals surface area contributed by atoms with Crippen molar-refractivity contribution in [3.8, 4) is 11.5 Å². The lowest BCUT2D eigenvalue weighted by molar-refractivity contribution is 0.0740. The van der Waals surface area contributed by atoms with Gasteiger partial charge in [0.15, 0.2) is 5.78 Å². The second-order valence-electron chi connectivity index (χ2n) is 5.48. The molecule has 0 aliphatic heterocycles. The van der Waals surface area contributed by atoms with E-state index in [-0.39, 0.29) is 5.78 Å². The first-order chi connectivity index (χ1) is 13.1. The second-order valence-corrected chi connectivity index (χ2v) is 7.34. The maximum absolute atomic E-state index is 12.4. The standard InChI is InChI=1S/C21H15BrO4S/c1-25-19-11-7-16(22)13-15(19)6-10-18(23)14-4-8-17(9-5-14)26-21(24)20-3-2-12-27-20/h2-13H,1H3. The van der Waals surface area contributed by atoms with Gasteiger partial charge in [-0.3, -0.25) is 4.79 Å². The molecule has 0 amide bonds. The number of allylic oxidation sites excluding steroid dienone is 1. The maximum atomic E-state index is 12.4. The van der Waals surface area contributed by atoms with Crippen LogP contribution in [-0.4, -0.2) is 18.9 Å². The van der Waals surface area contributed by atoms with Gasteiger partial charge in [0.1, 0.15) is 16.4 Å². The first-order valence-corrected chi connectivity index (χ1v) is 9.66. The summed E-state index contributed by atoms with van der Waals surface area (Å²) in [6, 6.07) is 15.5. The number of thiophene rings is 1. The average molecular weight is 443 g/mol. The Bertz CT molecular complexity index is 976. The predicted octanol–water partition coefficient (Wildman–Crippen LogP) is 5.63. The molecule has 2 aromatic carbocycles. The van der Waals surface area contributed by atoms with Crippen LogP contribution in [0.3, 0.4) is 0 Å². The third kappa shape index (κ3) is 4.93. The lowest BCUT2D eigenvalue weighted by Gasteiger charge is -2.05. The molecule has 0 N–H and O–H groups in total. The van der Waals surface area contributed by atoms with Crippen molar-refractivity contribution in [2.45, 2.75) is 0 Å². The van der Waals surface area contributed by atoms with Crippen molar-refractivity contribution in [1.82, 2.24) is 0 Å². The summed E-state index contributed by atoms with van der Waals surface area (Å²) in [5.74, 6) is 0.500. The van der Waals surface area contributed by atoms with Crippen LogP contribution in [0.4, 0.5) is 0 Å². The number of esters is 1. The third-order valence-corrected chi connectivity index (χ3v) is 5.02. The van der Waals surface area contributed by atoms with E-state index in [1.54, 1.807) is 49.6 Å². The summed E-state index contributed by atoms with van der Waals surface area (Å²) in [6.45, 7) is 0. The van der Waals surface area contributed by atoms with Gasteiger partial charge in [-0.25, -0.2) is 4.79 Å². The van der Waals surface area contributed by atoms with Gasteiger partial charge < -0.3 is 9.47 Å². The highest BCUT2D eigenvalue weighted by atomic mass is 79.9. The van der Waals surface area contributed by atoms with Crippen LogP contribution in [0.5, 0.6) is 11.5 Å². The molecule has 136 valence electrons. The molecule has 0 aliphatic rings. The van der Waals surface area contributed by atoms with Crippen molar-refractivity contribution in [3.63, 3.8) is 0 Å². The molecular formula is C21H15BrO4S. The Kier molecular flexibility index (Phi) is 6.21. The zero-order valence-electron chi connectivity index (χ0n) is 14.3. The molecule has 1 heterocycles. The summed E-state index contributed by atoms with van der Waals surface area (Å²) in [5, 5.41) is 1.81. The van der Waals surface area contributed by atoms with Crippen LogP contribution in [-0.2, 0) is 0 Å². The molecule has 6 heteroatoms. The highest BCUT2D eigenvalue weighted by Crippen LogP contribution is 2.24. The molecule has 0 aliphatic carbocycles. The smallest absolute Gasteiger partial charge is 0.353 e. The zero-order valence-corrected chi connectivity index (χ0v) is 16.7. The van der Waals surface area contributed by atoms with Gasteiger partial charge in [-0.2, -0.15) is 0 Å². The average Bonchev–Trinajstić information content (AvgIpc) is 3.22. The normalized spacial score (nSPS) is 10.7. The fraction of sp³-hybridized carbons (Fsp3) is 0.0476. The molecule has 27 heavy (non-hydrogen) atoms. The predicted molar refractivity (Wildman–Crippen MR) is 110 cm³/mol. The van der Waals surface area contributed by atoms with E-state index >= 15 is 0 Å². The summed E-state index contributed by atoms with van der Waals surface area (Å²) in [6.07, 6.45) is 3.19. The second kappa shape index (κ2) is 8.79. The minimum absolute atomic E-state index is 0.159. The fourth-order valence-corrected chi connectivity index (χ4v) is 3.31. The van der Waals surface area contributed by atoms with E-state index in [1.807, 2.05) is 23.6 Å². The number of ether oxygens (including phenoxy) is 2. The lowest BCUT2D eigenvalue weighted by Crippen LogP contribution is -2.06. The molecule has 0 unspecified atom stereocenters. The molecular weight excluding hydrogens is 428 g/mol. The molecule has 0 radical (unpaired) electrons. The van der Waals surface area contributed by atoms with Crippen LogP contribution in [0.15, 0.2) is 70.5 Å². The number of rotatable bonds is 6. The Hall–Kier alpha value is -2.70. The minimum atomic E-state index is -0.411. The largest absolute Gasteiger partial charge is 0.496 e. The van der Waals surface area contributed by atoms with E-state index in [0.717, 1.165) is 10.0 Å². The number of carbonyl (C=O) groups excluding carboxylic acids is 2. The first-order valence-electron chi connectivity index (χ1n) is 7.98. The summed E-state index contributed by atoms with van der Waals surface area (Å²) in [5.41, 5.74) is 1.29. The number of benzene rings is 2. The number of hydrogen-bond donors (Lipinski definition) is 0. The summed E-state index contributed by atoms with van der Waals surface area (Å²) >= 11 is 4.72. The molecule has 0 fully saturated rings. The van der Waals surface area contributed by atoms with Gasteiger partial charge >= 0.3 is 5.97 Å². The van der Waals surface area contributed by atoms with Crippen molar-refractivity contribution in [2.75, 3.05) is 7.11 Å². The molecule has 0 saturated heterocycles. The van der Waals surface area contributed by atoms with Gasteiger partial charge in [0.2, 0.25) is 0 Å². The molecule has 3 rings (SSSR count). The molecule has 0 spiro atoms. The number of hydrogen-bond acceptors (Lipinski definition) is 5. The molecule has 0 saturated carbocycles. The molecule has 0 atom stereocenters. The zero-order chi connectivity index (χ0) is 19.2. The summed E-state index contributed by atoms with van der Waals surface area (Å²) in [7, 11) is 1.58. The SMILES string of the molecule is COc1ccc(Br)cc1C=CC(=O)c1ccc(OC(=O)c2cccs2)cc1. The molecule has 4 nitrogen and oxygen atoms in total. The van der Waals surface area contributed by atoms with Gasteiger partial charge in [0.05, 0.1) is 7.11 Å². The van der Waals surface area contributed by atoms with Crippen LogP contribution < -0.4 is 9.47 Å². The number of halogens is 1. The minimum Gasteiger partial charge on any atom is -0.496 e. The quantitative estimate of drug-likeness (QED) is 0.214. The van der Waals surface area contributed by atoms with Crippen molar-refractivity contribution >= 4 is 45.1 Å².